The Hall–Kier alpha value is -6.23. The molecule has 7 aromatic carbocycles. The third-order valence-electron chi connectivity index (χ3n) is 10.0. The van der Waals surface area contributed by atoms with Gasteiger partial charge in [-0.05, 0) is 106 Å². The van der Waals surface area contributed by atoms with Gasteiger partial charge in [0.25, 0.3) is 0 Å². The highest BCUT2D eigenvalue weighted by molar-refractivity contribution is 7.26. The summed E-state index contributed by atoms with van der Waals surface area (Å²) in [4.78, 5) is 10.2. The molecule has 0 aliphatic heterocycles. The summed E-state index contributed by atoms with van der Waals surface area (Å²) in [6, 6.07) is 56.2. The molecule has 0 atom stereocenters. The summed E-state index contributed by atoms with van der Waals surface area (Å²) in [6.07, 6.45) is 0.896. The lowest BCUT2D eigenvalue weighted by atomic mass is 9.90. The van der Waals surface area contributed by atoms with Crippen LogP contribution >= 0.6 is 11.3 Å². The van der Waals surface area contributed by atoms with E-state index in [1.165, 1.54) is 65.7 Å². The van der Waals surface area contributed by atoms with E-state index in [0.29, 0.717) is 5.82 Å². The summed E-state index contributed by atoms with van der Waals surface area (Å²) in [6.45, 7) is 0. The average Bonchev–Trinajstić information content (AvgIpc) is 3.77. The monoisotopic (exact) mass is 672 g/mol. The number of halogens is 1. The van der Waals surface area contributed by atoms with Crippen LogP contribution in [0.2, 0.25) is 0 Å². The molecule has 4 heteroatoms. The molecule has 0 fully saturated rings. The normalized spacial score (nSPS) is 11.9. The maximum atomic E-state index is 14.0. The molecule has 2 nitrogen and oxygen atoms in total. The van der Waals surface area contributed by atoms with Gasteiger partial charge in [-0.2, -0.15) is 0 Å². The predicted molar refractivity (Wildman–Crippen MR) is 210 cm³/mol. The lowest BCUT2D eigenvalue weighted by molar-refractivity contribution is 0.628. The molecule has 10 rings (SSSR count). The first-order chi connectivity index (χ1) is 25.2. The molecule has 2 aromatic heterocycles. The molecule has 1 aliphatic carbocycles. The molecule has 9 aromatic rings. The Morgan fingerprint density at radius 3 is 1.94 bits per heavy atom. The summed E-state index contributed by atoms with van der Waals surface area (Å²) < 4.78 is 16.6. The number of hydrogen-bond acceptors (Lipinski definition) is 3. The van der Waals surface area contributed by atoms with Crippen molar-refractivity contribution in [2.45, 2.75) is 6.42 Å². The van der Waals surface area contributed by atoms with Gasteiger partial charge < -0.3 is 0 Å². The fourth-order valence-corrected chi connectivity index (χ4v) is 8.81. The second kappa shape index (κ2) is 12.0. The second-order valence-corrected chi connectivity index (χ2v) is 14.1. The van der Waals surface area contributed by atoms with Gasteiger partial charge in [0.05, 0.1) is 11.4 Å². The molecule has 240 valence electrons. The van der Waals surface area contributed by atoms with Crippen LogP contribution < -0.4 is 0 Å². The van der Waals surface area contributed by atoms with Gasteiger partial charge in [-0.15, -0.1) is 11.3 Å². The van der Waals surface area contributed by atoms with E-state index in [9.17, 15) is 4.39 Å². The molecule has 51 heavy (non-hydrogen) atoms. The predicted octanol–water partition coefficient (Wildman–Crippen LogP) is 12.9. The van der Waals surface area contributed by atoms with Gasteiger partial charge in [-0.3, -0.25) is 0 Å². The number of rotatable bonds is 5. The molecule has 0 spiro atoms. The zero-order chi connectivity index (χ0) is 33.9. The molecular weight excluding hydrogens is 644 g/mol. The van der Waals surface area contributed by atoms with Crippen molar-refractivity contribution in [2.24, 2.45) is 0 Å². The lowest BCUT2D eigenvalue weighted by Crippen LogP contribution is -1.97. The second-order valence-electron chi connectivity index (χ2n) is 13.1. The van der Waals surface area contributed by atoms with Gasteiger partial charge in [0, 0.05) is 36.9 Å². The Bertz CT molecular complexity index is 2780. The smallest absolute Gasteiger partial charge is 0.160 e. The van der Waals surface area contributed by atoms with Gasteiger partial charge >= 0.3 is 0 Å². The number of hydrogen-bond donors (Lipinski definition) is 0. The lowest BCUT2D eigenvalue weighted by Gasteiger charge is -2.15. The Morgan fingerprint density at radius 2 is 1.08 bits per heavy atom. The van der Waals surface area contributed by atoms with E-state index in [4.69, 9.17) is 9.97 Å². The van der Waals surface area contributed by atoms with Crippen molar-refractivity contribution in [3.8, 4) is 67.3 Å². The van der Waals surface area contributed by atoms with Crippen LogP contribution in [0.25, 0.3) is 87.5 Å². The standard InChI is InChI=1S/C47H29FN2S/c48-35-22-20-29(21-23-35)43-28-44(50-47(49-43)30-10-2-1-3-11-30)34-25-32(37-15-8-17-39-36-13-5-4-12-31(36)27-42(37)39)24-33(26-34)38-16-9-18-41-40-14-6-7-19-45(40)51-46(38)41/h1-26,28H,27H2. The minimum atomic E-state index is -0.276. The number of thiophene rings is 1. The third kappa shape index (κ3) is 5.15. The molecular formula is C47H29FN2S. The largest absolute Gasteiger partial charge is 0.228 e. The first-order valence-electron chi connectivity index (χ1n) is 17.1. The van der Waals surface area contributed by atoms with Gasteiger partial charge in [0.1, 0.15) is 5.82 Å². The SMILES string of the molecule is Fc1ccc(-c2cc(-c3cc(-c4cccc5c4Cc4ccccc4-5)cc(-c4cccc5c4sc4ccccc45)c3)nc(-c3ccccc3)n2)cc1. The van der Waals surface area contributed by atoms with Crippen LogP contribution in [0.4, 0.5) is 4.39 Å². The van der Waals surface area contributed by atoms with Crippen LogP contribution in [0.15, 0.2) is 164 Å². The summed E-state index contributed by atoms with van der Waals surface area (Å²) in [7, 11) is 0. The topological polar surface area (TPSA) is 25.8 Å². The zero-order valence-electron chi connectivity index (χ0n) is 27.5. The highest BCUT2D eigenvalue weighted by atomic mass is 32.1. The Kier molecular flexibility index (Phi) is 6.97. The number of fused-ring (bicyclic) bond motifs is 6. The molecule has 0 bridgehead atoms. The highest BCUT2D eigenvalue weighted by Gasteiger charge is 2.23. The molecule has 2 heterocycles. The molecule has 0 saturated heterocycles. The highest BCUT2D eigenvalue weighted by Crippen LogP contribution is 2.45. The van der Waals surface area contributed by atoms with E-state index in [0.717, 1.165) is 45.6 Å². The third-order valence-corrected chi connectivity index (χ3v) is 11.2. The van der Waals surface area contributed by atoms with Crippen LogP contribution in [0, 0.1) is 5.82 Å². The molecule has 0 unspecified atom stereocenters. The first kappa shape index (κ1) is 29.7. The van der Waals surface area contributed by atoms with Crippen molar-refractivity contribution >= 4 is 31.5 Å². The maximum Gasteiger partial charge on any atom is 0.160 e. The molecule has 0 radical (unpaired) electrons. The minimum absolute atomic E-state index is 0.276. The number of benzene rings is 7. The summed E-state index contributed by atoms with van der Waals surface area (Å²) in [5.74, 6) is 0.351. The van der Waals surface area contributed by atoms with Gasteiger partial charge in [0.2, 0.25) is 0 Å². The van der Waals surface area contributed by atoms with Gasteiger partial charge in [-0.1, -0.05) is 109 Å². The molecule has 0 amide bonds. The Morgan fingerprint density at radius 1 is 0.451 bits per heavy atom. The first-order valence-corrected chi connectivity index (χ1v) is 17.9. The van der Waals surface area contributed by atoms with E-state index in [1.54, 1.807) is 12.1 Å². The van der Waals surface area contributed by atoms with E-state index in [-0.39, 0.29) is 5.82 Å². The van der Waals surface area contributed by atoms with Crippen molar-refractivity contribution in [1.82, 2.24) is 9.97 Å². The van der Waals surface area contributed by atoms with E-state index in [1.807, 2.05) is 47.7 Å². The molecule has 0 saturated carbocycles. The molecule has 1 aliphatic rings. The zero-order valence-corrected chi connectivity index (χ0v) is 28.3. The Balaban J connectivity index is 1.23. The van der Waals surface area contributed by atoms with Gasteiger partial charge in [-0.25, -0.2) is 14.4 Å². The van der Waals surface area contributed by atoms with Crippen molar-refractivity contribution in [3.63, 3.8) is 0 Å². The fourth-order valence-electron chi connectivity index (χ4n) is 7.57. The van der Waals surface area contributed by atoms with Gasteiger partial charge in [0.15, 0.2) is 5.82 Å². The molecule has 0 N–H and O–H groups in total. The number of aromatic nitrogens is 2. The van der Waals surface area contributed by atoms with Crippen molar-refractivity contribution in [3.05, 3.63) is 181 Å². The quantitative estimate of drug-likeness (QED) is 0.182. The van der Waals surface area contributed by atoms with E-state index in [2.05, 4.69) is 103 Å². The van der Waals surface area contributed by atoms with Crippen LogP contribution in [-0.4, -0.2) is 9.97 Å². The van der Waals surface area contributed by atoms with Crippen LogP contribution in [0.1, 0.15) is 11.1 Å². The number of nitrogens with zero attached hydrogens (tertiary/aromatic N) is 2. The summed E-state index contributed by atoms with van der Waals surface area (Å²) >= 11 is 1.84. The van der Waals surface area contributed by atoms with E-state index < -0.39 is 0 Å². The summed E-state index contributed by atoms with van der Waals surface area (Å²) in [5, 5.41) is 2.55. The van der Waals surface area contributed by atoms with Crippen LogP contribution in [0.5, 0.6) is 0 Å². The van der Waals surface area contributed by atoms with Crippen LogP contribution in [0.3, 0.4) is 0 Å². The summed E-state index contributed by atoms with van der Waals surface area (Å²) in [5.41, 5.74) is 14.3. The van der Waals surface area contributed by atoms with E-state index >= 15 is 0 Å². The Labute approximate surface area is 299 Å². The fraction of sp³-hybridized carbons (Fsp3) is 0.0213. The van der Waals surface area contributed by atoms with Crippen molar-refractivity contribution < 1.29 is 4.39 Å². The maximum absolute atomic E-state index is 14.0. The van der Waals surface area contributed by atoms with Crippen molar-refractivity contribution in [1.29, 1.82) is 0 Å². The van der Waals surface area contributed by atoms with Crippen molar-refractivity contribution in [2.75, 3.05) is 0 Å². The average molecular weight is 673 g/mol. The minimum Gasteiger partial charge on any atom is -0.228 e. The van der Waals surface area contributed by atoms with Crippen LogP contribution in [-0.2, 0) is 6.42 Å².